The Hall–Kier alpha value is -3.15. The van der Waals surface area contributed by atoms with E-state index in [1.807, 2.05) is 47.4 Å². The van der Waals surface area contributed by atoms with Gasteiger partial charge in [0.05, 0.1) is 24.7 Å². The van der Waals surface area contributed by atoms with Crippen molar-refractivity contribution in [2.24, 2.45) is 0 Å². The highest BCUT2D eigenvalue weighted by Gasteiger charge is 2.29. The van der Waals surface area contributed by atoms with Crippen molar-refractivity contribution in [2.75, 3.05) is 13.7 Å². The van der Waals surface area contributed by atoms with E-state index in [0.29, 0.717) is 17.6 Å². The number of piperidine rings is 1. The number of amides is 1. The maximum Gasteiger partial charge on any atom is 0.274 e. The van der Waals surface area contributed by atoms with Crippen molar-refractivity contribution in [3.8, 4) is 22.8 Å². The van der Waals surface area contributed by atoms with Crippen LogP contribution in [0.2, 0.25) is 0 Å². The van der Waals surface area contributed by atoms with E-state index in [1.165, 1.54) is 6.42 Å². The van der Waals surface area contributed by atoms with Crippen molar-refractivity contribution < 1.29 is 9.53 Å². The Morgan fingerprint density at radius 2 is 2.00 bits per heavy atom. The first-order valence-electron chi connectivity index (χ1n) is 10.7. The van der Waals surface area contributed by atoms with Gasteiger partial charge in [-0.2, -0.15) is 5.10 Å². The van der Waals surface area contributed by atoms with Crippen LogP contribution in [0, 0.1) is 0 Å². The van der Waals surface area contributed by atoms with Crippen molar-refractivity contribution >= 4 is 5.91 Å². The molecule has 1 unspecified atom stereocenters. The van der Waals surface area contributed by atoms with E-state index < -0.39 is 0 Å². The van der Waals surface area contributed by atoms with Gasteiger partial charge in [0, 0.05) is 24.2 Å². The Balaban J connectivity index is 1.74. The molecule has 0 spiro atoms. The summed E-state index contributed by atoms with van der Waals surface area (Å²) in [4.78, 5) is 19.8. The molecule has 3 heterocycles. The largest absolute Gasteiger partial charge is 0.481 e. The SMILES string of the molecule is CCCC1CCCCN1C(=O)c1cc(-c2ccccc2)n(-c2ccc(OC)nc2)n1. The molecule has 0 aliphatic carbocycles. The van der Waals surface area contributed by atoms with Gasteiger partial charge in [0.2, 0.25) is 5.88 Å². The zero-order chi connectivity index (χ0) is 20.9. The third-order valence-electron chi connectivity index (χ3n) is 5.68. The van der Waals surface area contributed by atoms with E-state index in [9.17, 15) is 4.79 Å². The third kappa shape index (κ3) is 4.08. The second-order valence-electron chi connectivity index (χ2n) is 7.69. The van der Waals surface area contributed by atoms with Crippen LogP contribution in [0.25, 0.3) is 16.9 Å². The van der Waals surface area contributed by atoms with Crippen LogP contribution in [0.3, 0.4) is 0 Å². The van der Waals surface area contributed by atoms with Gasteiger partial charge in [-0.25, -0.2) is 9.67 Å². The highest BCUT2D eigenvalue weighted by Crippen LogP contribution is 2.27. The Morgan fingerprint density at radius 3 is 2.70 bits per heavy atom. The molecule has 3 aromatic rings. The minimum atomic E-state index is 0.0190. The molecule has 0 bridgehead atoms. The number of pyridine rings is 1. The molecule has 156 valence electrons. The summed E-state index contributed by atoms with van der Waals surface area (Å²) in [6, 6.07) is 15.9. The lowest BCUT2D eigenvalue weighted by molar-refractivity contribution is 0.0594. The molecular formula is C24H28N4O2. The van der Waals surface area contributed by atoms with E-state index in [2.05, 4.69) is 11.9 Å². The molecule has 1 aromatic carbocycles. The highest BCUT2D eigenvalue weighted by molar-refractivity contribution is 5.94. The number of benzene rings is 1. The van der Waals surface area contributed by atoms with E-state index in [0.717, 1.165) is 49.2 Å². The fourth-order valence-electron chi connectivity index (χ4n) is 4.16. The molecule has 1 fully saturated rings. The summed E-state index contributed by atoms with van der Waals surface area (Å²) in [5.41, 5.74) is 3.14. The molecule has 1 amide bonds. The van der Waals surface area contributed by atoms with Crippen molar-refractivity contribution in [2.45, 2.75) is 45.1 Å². The smallest absolute Gasteiger partial charge is 0.274 e. The van der Waals surface area contributed by atoms with E-state index in [-0.39, 0.29) is 5.91 Å². The van der Waals surface area contributed by atoms with Crippen LogP contribution in [0.5, 0.6) is 5.88 Å². The van der Waals surface area contributed by atoms with Gasteiger partial charge in [-0.1, -0.05) is 43.7 Å². The lowest BCUT2D eigenvalue weighted by Gasteiger charge is -2.35. The molecule has 1 saturated heterocycles. The average molecular weight is 405 g/mol. The Labute approximate surface area is 177 Å². The Morgan fingerprint density at radius 1 is 1.17 bits per heavy atom. The van der Waals surface area contributed by atoms with Crippen LogP contribution in [-0.2, 0) is 0 Å². The lowest BCUT2D eigenvalue weighted by Crippen LogP contribution is -2.43. The molecule has 1 atom stereocenters. The number of carbonyl (C=O) groups excluding carboxylic acids is 1. The van der Waals surface area contributed by atoms with Gasteiger partial charge in [-0.3, -0.25) is 4.79 Å². The van der Waals surface area contributed by atoms with E-state index in [4.69, 9.17) is 9.84 Å². The van der Waals surface area contributed by atoms with Gasteiger partial charge in [-0.05, 0) is 37.8 Å². The van der Waals surface area contributed by atoms with Crippen molar-refractivity contribution in [3.05, 3.63) is 60.4 Å². The molecule has 1 aliphatic rings. The van der Waals surface area contributed by atoms with Gasteiger partial charge >= 0.3 is 0 Å². The van der Waals surface area contributed by atoms with Crippen molar-refractivity contribution in [1.82, 2.24) is 19.7 Å². The van der Waals surface area contributed by atoms with Crippen LogP contribution in [0.1, 0.15) is 49.5 Å². The average Bonchev–Trinajstić information content (AvgIpc) is 3.25. The van der Waals surface area contributed by atoms with Crippen LogP contribution in [0.4, 0.5) is 0 Å². The monoisotopic (exact) mass is 404 g/mol. The fraction of sp³-hybridized carbons (Fsp3) is 0.375. The second-order valence-corrected chi connectivity index (χ2v) is 7.69. The number of methoxy groups -OCH3 is 1. The maximum atomic E-state index is 13.4. The second kappa shape index (κ2) is 9.11. The highest BCUT2D eigenvalue weighted by atomic mass is 16.5. The molecule has 30 heavy (non-hydrogen) atoms. The number of nitrogens with zero attached hydrogens (tertiary/aromatic N) is 4. The number of hydrogen-bond donors (Lipinski definition) is 0. The standard InChI is InChI=1S/C24H28N4O2/c1-3-9-19-12-7-8-15-27(19)24(29)21-16-22(18-10-5-4-6-11-18)28(26-21)20-13-14-23(30-2)25-17-20/h4-6,10-11,13-14,16-17,19H,3,7-9,12,15H2,1-2H3. The maximum absolute atomic E-state index is 13.4. The van der Waals surface area contributed by atoms with E-state index in [1.54, 1.807) is 24.1 Å². The summed E-state index contributed by atoms with van der Waals surface area (Å²) < 4.78 is 6.98. The van der Waals surface area contributed by atoms with Crippen molar-refractivity contribution in [3.63, 3.8) is 0 Å². The zero-order valence-corrected chi connectivity index (χ0v) is 17.6. The summed E-state index contributed by atoms with van der Waals surface area (Å²) in [5.74, 6) is 0.560. The Kier molecular flexibility index (Phi) is 6.12. The first-order valence-corrected chi connectivity index (χ1v) is 10.7. The molecule has 0 saturated carbocycles. The van der Waals surface area contributed by atoms with Gasteiger partial charge in [0.15, 0.2) is 5.69 Å². The minimum Gasteiger partial charge on any atom is -0.481 e. The summed E-state index contributed by atoms with van der Waals surface area (Å²) in [6.45, 7) is 2.98. The molecule has 6 heteroatoms. The quantitative estimate of drug-likeness (QED) is 0.595. The van der Waals surface area contributed by atoms with Crippen LogP contribution in [-0.4, -0.2) is 45.3 Å². The molecule has 6 nitrogen and oxygen atoms in total. The Bertz CT molecular complexity index is 980. The number of carbonyl (C=O) groups is 1. The normalized spacial score (nSPS) is 16.5. The summed E-state index contributed by atoms with van der Waals surface area (Å²) in [7, 11) is 1.59. The van der Waals surface area contributed by atoms with Crippen LogP contribution in [0.15, 0.2) is 54.7 Å². The molecule has 1 aliphatic heterocycles. The number of rotatable bonds is 6. The molecule has 0 radical (unpaired) electrons. The molecule has 0 N–H and O–H groups in total. The van der Waals surface area contributed by atoms with Gasteiger partial charge < -0.3 is 9.64 Å². The summed E-state index contributed by atoms with van der Waals surface area (Å²) in [5, 5.41) is 4.73. The first kappa shape index (κ1) is 20.1. The molecule has 2 aromatic heterocycles. The zero-order valence-electron chi connectivity index (χ0n) is 17.6. The predicted octanol–water partition coefficient (Wildman–Crippen LogP) is 4.74. The van der Waals surface area contributed by atoms with Gasteiger partial charge in [0.1, 0.15) is 0 Å². The van der Waals surface area contributed by atoms with E-state index >= 15 is 0 Å². The van der Waals surface area contributed by atoms with Crippen LogP contribution >= 0.6 is 0 Å². The number of ether oxygens (including phenoxy) is 1. The van der Waals surface area contributed by atoms with Gasteiger partial charge in [-0.15, -0.1) is 0 Å². The summed E-state index contributed by atoms with van der Waals surface area (Å²) >= 11 is 0. The number of hydrogen-bond acceptors (Lipinski definition) is 4. The van der Waals surface area contributed by atoms with Crippen molar-refractivity contribution in [1.29, 1.82) is 0 Å². The predicted molar refractivity (Wildman–Crippen MR) is 117 cm³/mol. The lowest BCUT2D eigenvalue weighted by atomic mass is 9.98. The summed E-state index contributed by atoms with van der Waals surface area (Å²) in [6.07, 6.45) is 7.16. The van der Waals surface area contributed by atoms with Gasteiger partial charge in [0.25, 0.3) is 5.91 Å². The number of aromatic nitrogens is 3. The third-order valence-corrected chi connectivity index (χ3v) is 5.68. The molecular weight excluding hydrogens is 376 g/mol. The first-order chi connectivity index (χ1) is 14.7. The number of likely N-dealkylation sites (tertiary alicyclic amines) is 1. The molecule has 4 rings (SSSR count). The minimum absolute atomic E-state index is 0.0190. The van der Waals surface area contributed by atoms with Crippen LogP contribution < -0.4 is 4.74 Å². The fourth-order valence-corrected chi connectivity index (χ4v) is 4.16. The topological polar surface area (TPSA) is 60.2 Å².